The number of rotatable bonds is 3. The van der Waals surface area contributed by atoms with E-state index in [1.165, 1.54) is 6.92 Å². The number of nitrogens with zero attached hydrogens (tertiary/aromatic N) is 1. The summed E-state index contributed by atoms with van der Waals surface area (Å²) in [6, 6.07) is 4.90. The van der Waals surface area contributed by atoms with Gasteiger partial charge in [0.15, 0.2) is 5.78 Å². The third-order valence-electron chi connectivity index (χ3n) is 3.09. The van der Waals surface area contributed by atoms with Gasteiger partial charge in [0, 0.05) is 36.1 Å². The molecular weight excluding hydrogens is 254 g/mol. The molecule has 0 aromatic heterocycles. The maximum atomic E-state index is 11.9. The fourth-order valence-corrected chi connectivity index (χ4v) is 2.33. The largest absolute Gasteiger partial charge is 0.396 e. The van der Waals surface area contributed by atoms with E-state index in [4.69, 9.17) is 16.7 Å². The molecule has 2 rings (SSSR count). The van der Waals surface area contributed by atoms with Crippen LogP contribution in [-0.4, -0.2) is 29.9 Å². The number of hydrogen-bond acceptors (Lipinski definition) is 3. The number of amides is 1. The van der Waals surface area contributed by atoms with Gasteiger partial charge in [-0.15, -0.1) is 0 Å². The Bertz CT molecular complexity index is 501. The number of benzene rings is 1. The van der Waals surface area contributed by atoms with Gasteiger partial charge < -0.3 is 10.0 Å². The summed E-state index contributed by atoms with van der Waals surface area (Å²) in [7, 11) is 0. The zero-order chi connectivity index (χ0) is 13.3. The Labute approximate surface area is 110 Å². The first-order valence-corrected chi connectivity index (χ1v) is 6.12. The highest BCUT2D eigenvalue weighted by Crippen LogP contribution is 2.30. The Morgan fingerprint density at radius 1 is 1.56 bits per heavy atom. The average Bonchev–Trinajstić information content (AvgIpc) is 2.70. The van der Waals surface area contributed by atoms with E-state index < -0.39 is 0 Å². The van der Waals surface area contributed by atoms with Crippen LogP contribution in [0.2, 0.25) is 5.02 Å². The van der Waals surface area contributed by atoms with Crippen molar-refractivity contribution in [2.24, 2.45) is 5.92 Å². The summed E-state index contributed by atoms with van der Waals surface area (Å²) in [5, 5.41) is 9.57. The second-order valence-electron chi connectivity index (χ2n) is 4.47. The number of carbonyl (C=O) groups is 2. The summed E-state index contributed by atoms with van der Waals surface area (Å²) in [5.74, 6) is -0.264. The van der Waals surface area contributed by atoms with Crippen LogP contribution in [0.3, 0.4) is 0 Å². The van der Waals surface area contributed by atoms with Crippen molar-refractivity contribution in [2.75, 3.05) is 18.1 Å². The van der Waals surface area contributed by atoms with Gasteiger partial charge in [0.1, 0.15) is 0 Å². The molecule has 1 heterocycles. The van der Waals surface area contributed by atoms with Crippen LogP contribution in [0.1, 0.15) is 23.7 Å². The van der Waals surface area contributed by atoms with Crippen molar-refractivity contribution in [1.82, 2.24) is 0 Å². The Hall–Kier alpha value is -1.39. The molecule has 0 bridgehead atoms. The molecule has 1 amide bonds. The van der Waals surface area contributed by atoms with Crippen LogP contribution >= 0.6 is 11.6 Å². The average molecular weight is 268 g/mol. The van der Waals surface area contributed by atoms with Crippen LogP contribution in [0.5, 0.6) is 0 Å². The lowest BCUT2D eigenvalue weighted by molar-refractivity contribution is -0.117. The van der Waals surface area contributed by atoms with Crippen LogP contribution in [0.4, 0.5) is 5.69 Å². The van der Waals surface area contributed by atoms with Gasteiger partial charge in [0.25, 0.3) is 0 Å². The first-order chi connectivity index (χ1) is 8.52. The second-order valence-corrected chi connectivity index (χ2v) is 4.91. The molecule has 1 saturated heterocycles. The third kappa shape index (κ3) is 2.40. The molecule has 1 unspecified atom stereocenters. The topological polar surface area (TPSA) is 57.6 Å². The van der Waals surface area contributed by atoms with E-state index in [0.717, 1.165) is 0 Å². The summed E-state index contributed by atoms with van der Waals surface area (Å²) in [5.41, 5.74) is 1.02. The molecule has 1 aliphatic heterocycles. The van der Waals surface area contributed by atoms with E-state index in [1.54, 1.807) is 23.1 Å². The SMILES string of the molecule is CC(=O)c1cc(Cl)ccc1N1CC(CO)CC1=O. The molecule has 1 N–H and O–H groups in total. The number of halogens is 1. The van der Waals surface area contributed by atoms with Crippen molar-refractivity contribution >= 4 is 29.0 Å². The summed E-state index contributed by atoms with van der Waals surface area (Å²) in [6.07, 6.45) is 0.316. The quantitative estimate of drug-likeness (QED) is 0.851. The minimum Gasteiger partial charge on any atom is -0.396 e. The zero-order valence-electron chi connectivity index (χ0n) is 10.0. The number of hydrogen-bond donors (Lipinski definition) is 1. The van der Waals surface area contributed by atoms with Crippen molar-refractivity contribution < 1.29 is 14.7 Å². The van der Waals surface area contributed by atoms with E-state index in [9.17, 15) is 9.59 Å². The third-order valence-corrected chi connectivity index (χ3v) is 3.33. The molecule has 0 radical (unpaired) electrons. The number of carbonyl (C=O) groups excluding carboxylic acids is 2. The highest BCUT2D eigenvalue weighted by atomic mass is 35.5. The molecule has 1 atom stereocenters. The van der Waals surface area contributed by atoms with Crippen LogP contribution in [0, 0.1) is 5.92 Å². The van der Waals surface area contributed by atoms with Gasteiger partial charge in [0.05, 0.1) is 5.69 Å². The molecule has 0 spiro atoms. The summed E-state index contributed by atoms with van der Waals surface area (Å²) in [6.45, 7) is 1.86. The predicted octanol–water partition coefficient (Wildman–Crippen LogP) is 1.89. The fourth-order valence-electron chi connectivity index (χ4n) is 2.16. The highest BCUT2D eigenvalue weighted by molar-refractivity contribution is 6.31. The summed E-state index contributed by atoms with van der Waals surface area (Å²) < 4.78 is 0. The lowest BCUT2D eigenvalue weighted by atomic mass is 10.1. The fraction of sp³-hybridized carbons (Fsp3) is 0.385. The van der Waals surface area contributed by atoms with Gasteiger partial charge >= 0.3 is 0 Å². The van der Waals surface area contributed by atoms with E-state index in [0.29, 0.717) is 29.2 Å². The van der Waals surface area contributed by atoms with Gasteiger partial charge in [-0.05, 0) is 25.1 Å². The monoisotopic (exact) mass is 267 g/mol. The molecule has 96 valence electrons. The van der Waals surface area contributed by atoms with Crippen molar-refractivity contribution in [2.45, 2.75) is 13.3 Å². The molecule has 1 aromatic rings. The lowest BCUT2D eigenvalue weighted by Gasteiger charge is -2.19. The zero-order valence-corrected chi connectivity index (χ0v) is 10.8. The molecule has 18 heavy (non-hydrogen) atoms. The molecule has 4 nitrogen and oxygen atoms in total. The molecule has 1 fully saturated rings. The molecule has 0 saturated carbocycles. The lowest BCUT2D eigenvalue weighted by Crippen LogP contribution is -2.26. The number of aliphatic hydroxyl groups excluding tert-OH is 1. The van der Waals surface area contributed by atoms with Crippen LogP contribution in [-0.2, 0) is 4.79 Å². The number of aliphatic hydroxyl groups is 1. The molecule has 5 heteroatoms. The molecule has 0 aliphatic carbocycles. The molecule has 1 aliphatic rings. The van der Waals surface area contributed by atoms with Crippen molar-refractivity contribution in [3.05, 3.63) is 28.8 Å². The minimum absolute atomic E-state index is 0.0226. The highest BCUT2D eigenvalue weighted by Gasteiger charge is 2.31. The number of ketones is 1. The first-order valence-electron chi connectivity index (χ1n) is 5.74. The Morgan fingerprint density at radius 3 is 2.83 bits per heavy atom. The van der Waals surface area contributed by atoms with Gasteiger partial charge in [-0.3, -0.25) is 9.59 Å². The van der Waals surface area contributed by atoms with E-state index >= 15 is 0 Å². The van der Waals surface area contributed by atoms with Crippen LogP contribution < -0.4 is 4.90 Å². The van der Waals surface area contributed by atoms with Crippen molar-refractivity contribution in [3.8, 4) is 0 Å². The Kier molecular flexibility index (Phi) is 3.68. The van der Waals surface area contributed by atoms with E-state index in [1.807, 2.05) is 0 Å². The Balaban J connectivity index is 2.39. The smallest absolute Gasteiger partial charge is 0.227 e. The first kappa shape index (κ1) is 13.1. The standard InChI is InChI=1S/C13H14ClNO3/c1-8(17)11-5-10(14)2-3-12(11)15-6-9(7-16)4-13(15)18/h2-3,5,9,16H,4,6-7H2,1H3. The van der Waals surface area contributed by atoms with Gasteiger partial charge in [-0.1, -0.05) is 11.6 Å². The maximum Gasteiger partial charge on any atom is 0.227 e. The maximum absolute atomic E-state index is 11.9. The number of anilines is 1. The van der Waals surface area contributed by atoms with Crippen LogP contribution in [0.15, 0.2) is 18.2 Å². The minimum atomic E-state index is -0.132. The van der Waals surface area contributed by atoms with Gasteiger partial charge in [-0.25, -0.2) is 0 Å². The summed E-state index contributed by atoms with van der Waals surface area (Å²) >= 11 is 5.86. The Morgan fingerprint density at radius 2 is 2.28 bits per heavy atom. The number of Topliss-reactive ketones (excluding diaryl/α,β-unsaturated/α-hetero) is 1. The normalized spacial score (nSPS) is 19.4. The summed E-state index contributed by atoms with van der Waals surface area (Å²) in [4.78, 5) is 25.0. The van der Waals surface area contributed by atoms with Crippen molar-refractivity contribution in [3.63, 3.8) is 0 Å². The molecule has 1 aromatic carbocycles. The van der Waals surface area contributed by atoms with E-state index in [2.05, 4.69) is 0 Å². The van der Waals surface area contributed by atoms with E-state index in [-0.39, 0.29) is 24.2 Å². The van der Waals surface area contributed by atoms with Gasteiger partial charge in [0.2, 0.25) is 5.91 Å². The molecular formula is C13H14ClNO3. The van der Waals surface area contributed by atoms with Crippen molar-refractivity contribution in [1.29, 1.82) is 0 Å². The van der Waals surface area contributed by atoms with Crippen LogP contribution in [0.25, 0.3) is 0 Å². The van der Waals surface area contributed by atoms with Gasteiger partial charge in [-0.2, -0.15) is 0 Å². The predicted molar refractivity (Wildman–Crippen MR) is 69.0 cm³/mol. The second kappa shape index (κ2) is 5.08.